The molecule has 0 bridgehead atoms. The van der Waals surface area contributed by atoms with E-state index >= 15 is 0 Å². The number of amides is 1. The fourth-order valence-corrected chi connectivity index (χ4v) is 2.72. The molecule has 1 N–H and O–H groups in total. The number of carbonyl (C=O) groups excluding carboxylic acids is 1. The summed E-state index contributed by atoms with van der Waals surface area (Å²) in [5, 5.41) is 3.86. The molecule has 2 heterocycles. The molecule has 0 spiro atoms. The van der Waals surface area contributed by atoms with Crippen LogP contribution in [0, 0.1) is 5.82 Å². The van der Waals surface area contributed by atoms with E-state index in [1.807, 2.05) is 24.3 Å². The van der Waals surface area contributed by atoms with Crippen molar-refractivity contribution in [2.24, 2.45) is 0 Å². The molecule has 2 aromatic heterocycles. The molecule has 0 radical (unpaired) electrons. The van der Waals surface area contributed by atoms with Crippen molar-refractivity contribution in [2.45, 2.75) is 6.54 Å². The fraction of sp³-hybridized carbons (Fsp3) is 0.105. The standard InChI is InChI=1S/C19H15FN4O2/c1-24(11-18-21-14-7-2-3-8-15(14)22-18)19(25)17-10-16(23-26-17)12-5-4-6-13(20)9-12/h2-10H,11H2,1H3,(H,21,22). The molecular weight excluding hydrogens is 335 g/mol. The fourth-order valence-electron chi connectivity index (χ4n) is 2.72. The first-order valence-electron chi connectivity index (χ1n) is 8.02. The highest BCUT2D eigenvalue weighted by Crippen LogP contribution is 2.21. The van der Waals surface area contributed by atoms with Gasteiger partial charge in [-0.15, -0.1) is 0 Å². The molecule has 0 saturated carbocycles. The zero-order chi connectivity index (χ0) is 18.1. The second kappa shape index (κ2) is 6.44. The van der Waals surface area contributed by atoms with Crippen LogP contribution in [0.25, 0.3) is 22.3 Å². The second-order valence-corrected chi connectivity index (χ2v) is 5.95. The normalized spacial score (nSPS) is 11.0. The Hall–Kier alpha value is -3.48. The van der Waals surface area contributed by atoms with Gasteiger partial charge in [0.1, 0.15) is 17.3 Å². The lowest BCUT2D eigenvalue weighted by atomic mass is 10.1. The van der Waals surface area contributed by atoms with Crippen molar-refractivity contribution in [1.29, 1.82) is 0 Å². The zero-order valence-corrected chi connectivity index (χ0v) is 13.9. The summed E-state index contributed by atoms with van der Waals surface area (Å²) in [6.07, 6.45) is 0. The summed E-state index contributed by atoms with van der Waals surface area (Å²) in [5.74, 6) is 0.0516. The van der Waals surface area contributed by atoms with Crippen LogP contribution in [0.2, 0.25) is 0 Å². The topological polar surface area (TPSA) is 75.0 Å². The molecule has 26 heavy (non-hydrogen) atoms. The van der Waals surface area contributed by atoms with Crippen molar-refractivity contribution < 1.29 is 13.7 Å². The van der Waals surface area contributed by atoms with E-state index in [4.69, 9.17) is 4.52 Å². The molecule has 4 aromatic rings. The Bertz CT molecular complexity index is 1050. The predicted octanol–water partition coefficient (Wildman–Crippen LogP) is 3.63. The lowest BCUT2D eigenvalue weighted by Gasteiger charge is -2.13. The number of H-pyrrole nitrogens is 1. The van der Waals surface area contributed by atoms with Crippen LogP contribution in [-0.2, 0) is 6.54 Å². The quantitative estimate of drug-likeness (QED) is 0.610. The van der Waals surface area contributed by atoms with E-state index in [1.165, 1.54) is 23.1 Å². The molecule has 7 heteroatoms. The molecule has 6 nitrogen and oxygen atoms in total. The Kier molecular flexibility index (Phi) is 3.96. The first-order chi connectivity index (χ1) is 12.6. The third-order valence-electron chi connectivity index (χ3n) is 4.01. The molecule has 2 aromatic carbocycles. The lowest BCUT2D eigenvalue weighted by Crippen LogP contribution is -2.26. The summed E-state index contributed by atoms with van der Waals surface area (Å²) in [7, 11) is 1.65. The Morgan fingerprint density at radius 1 is 1.19 bits per heavy atom. The number of aromatic amines is 1. The van der Waals surface area contributed by atoms with Gasteiger partial charge >= 0.3 is 0 Å². The highest BCUT2D eigenvalue weighted by molar-refractivity contribution is 5.92. The van der Waals surface area contributed by atoms with Crippen molar-refractivity contribution in [3.05, 3.63) is 72.0 Å². The number of benzene rings is 2. The van der Waals surface area contributed by atoms with Gasteiger partial charge in [-0.25, -0.2) is 9.37 Å². The highest BCUT2D eigenvalue weighted by atomic mass is 19.1. The number of halogens is 1. The third kappa shape index (κ3) is 3.06. The molecule has 130 valence electrons. The maximum atomic E-state index is 13.3. The molecule has 0 atom stereocenters. The maximum Gasteiger partial charge on any atom is 0.292 e. The summed E-state index contributed by atoms with van der Waals surface area (Å²) >= 11 is 0. The zero-order valence-electron chi connectivity index (χ0n) is 13.9. The van der Waals surface area contributed by atoms with Gasteiger partial charge in [0.25, 0.3) is 5.91 Å². The van der Waals surface area contributed by atoms with Crippen molar-refractivity contribution in [3.8, 4) is 11.3 Å². The number of imidazole rings is 1. The number of fused-ring (bicyclic) bond motifs is 1. The Labute approximate surface area is 148 Å². The highest BCUT2D eigenvalue weighted by Gasteiger charge is 2.19. The van der Waals surface area contributed by atoms with Gasteiger partial charge in [-0.2, -0.15) is 0 Å². The molecule has 1 amide bonds. The van der Waals surface area contributed by atoms with Gasteiger partial charge in [-0.05, 0) is 24.3 Å². The van der Waals surface area contributed by atoms with E-state index < -0.39 is 0 Å². The number of carbonyl (C=O) groups is 1. The van der Waals surface area contributed by atoms with Crippen LogP contribution < -0.4 is 0 Å². The average molecular weight is 350 g/mol. The van der Waals surface area contributed by atoms with Crippen molar-refractivity contribution in [1.82, 2.24) is 20.0 Å². The van der Waals surface area contributed by atoms with Crippen molar-refractivity contribution in [2.75, 3.05) is 7.05 Å². The Morgan fingerprint density at radius 3 is 2.85 bits per heavy atom. The van der Waals surface area contributed by atoms with E-state index in [9.17, 15) is 9.18 Å². The van der Waals surface area contributed by atoms with Crippen LogP contribution in [0.4, 0.5) is 4.39 Å². The van der Waals surface area contributed by atoms with Gasteiger partial charge in [0, 0.05) is 18.7 Å². The minimum absolute atomic E-state index is 0.0860. The largest absolute Gasteiger partial charge is 0.350 e. The van der Waals surface area contributed by atoms with E-state index in [0.29, 0.717) is 23.6 Å². The third-order valence-corrected chi connectivity index (χ3v) is 4.01. The number of rotatable bonds is 4. The Balaban J connectivity index is 1.51. The summed E-state index contributed by atoms with van der Waals surface area (Å²) in [4.78, 5) is 21.7. The lowest BCUT2D eigenvalue weighted by molar-refractivity contribution is 0.0740. The summed E-state index contributed by atoms with van der Waals surface area (Å²) in [6, 6.07) is 15.1. The van der Waals surface area contributed by atoms with E-state index in [-0.39, 0.29) is 17.5 Å². The maximum absolute atomic E-state index is 13.3. The minimum Gasteiger partial charge on any atom is -0.350 e. The predicted molar refractivity (Wildman–Crippen MR) is 93.8 cm³/mol. The monoisotopic (exact) mass is 350 g/mol. The van der Waals surface area contributed by atoms with Gasteiger partial charge in [-0.3, -0.25) is 4.79 Å². The van der Waals surface area contributed by atoms with E-state index in [1.54, 1.807) is 19.2 Å². The number of para-hydroxylation sites is 2. The number of hydrogen-bond donors (Lipinski definition) is 1. The molecule has 0 aliphatic carbocycles. The number of nitrogens with one attached hydrogen (secondary N) is 1. The molecule has 0 unspecified atom stereocenters. The van der Waals surface area contributed by atoms with Crippen LogP contribution in [-0.4, -0.2) is 33.0 Å². The molecule has 4 rings (SSSR count). The van der Waals surface area contributed by atoms with Crippen LogP contribution in [0.15, 0.2) is 59.1 Å². The SMILES string of the molecule is CN(Cc1nc2ccccc2[nH]1)C(=O)c1cc(-c2cccc(F)c2)no1. The van der Waals surface area contributed by atoms with Gasteiger partial charge in [0.2, 0.25) is 5.76 Å². The van der Waals surface area contributed by atoms with Crippen LogP contribution >= 0.6 is 0 Å². The van der Waals surface area contributed by atoms with Gasteiger partial charge < -0.3 is 14.4 Å². The first kappa shape index (κ1) is 16.0. The van der Waals surface area contributed by atoms with Crippen LogP contribution in [0.5, 0.6) is 0 Å². The number of aromatic nitrogens is 3. The number of hydrogen-bond acceptors (Lipinski definition) is 4. The molecule has 0 saturated heterocycles. The second-order valence-electron chi connectivity index (χ2n) is 5.95. The van der Waals surface area contributed by atoms with Crippen LogP contribution in [0.1, 0.15) is 16.4 Å². The molecule has 0 aliphatic heterocycles. The summed E-state index contributed by atoms with van der Waals surface area (Å²) < 4.78 is 18.5. The van der Waals surface area contributed by atoms with Crippen molar-refractivity contribution in [3.63, 3.8) is 0 Å². The number of nitrogens with zero attached hydrogens (tertiary/aromatic N) is 3. The first-order valence-corrected chi connectivity index (χ1v) is 8.02. The molecular formula is C19H15FN4O2. The van der Waals surface area contributed by atoms with E-state index in [0.717, 1.165) is 11.0 Å². The summed E-state index contributed by atoms with van der Waals surface area (Å²) in [6.45, 7) is 0.295. The van der Waals surface area contributed by atoms with Crippen molar-refractivity contribution >= 4 is 16.9 Å². The summed E-state index contributed by atoms with van der Waals surface area (Å²) in [5.41, 5.74) is 2.71. The van der Waals surface area contributed by atoms with Crippen LogP contribution in [0.3, 0.4) is 0 Å². The molecule has 0 fully saturated rings. The van der Waals surface area contributed by atoms with Gasteiger partial charge in [-0.1, -0.05) is 29.4 Å². The smallest absolute Gasteiger partial charge is 0.292 e. The van der Waals surface area contributed by atoms with Gasteiger partial charge in [0.05, 0.1) is 17.6 Å². The van der Waals surface area contributed by atoms with Gasteiger partial charge in [0.15, 0.2) is 0 Å². The average Bonchev–Trinajstić information content (AvgIpc) is 3.27. The minimum atomic E-state index is -0.375. The Morgan fingerprint density at radius 2 is 2.04 bits per heavy atom. The van der Waals surface area contributed by atoms with E-state index in [2.05, 4.69) is 15.1 Å². The molecule has 0 aliphatic rings.